The first kappa shape index (κ1) is 23.5. The van der Waals surface area contributed by atoms with E-state index in [1.54, 1.807) is 48.5 Å². The average molecular weight is 514 g/mol. The molecule has 0 aromatic heterocycles. The van der Waals surface area contributed by atoms with Crippen LogP contribution >= 0.6 is 0 Å². The van der Waals surface area contributed by atoms with Crippen LogP contribution in [0.1, 0.15) is 53.7 Å². The molecule has 1 saturated heterocycles. The Balaban J connectivity index is 1.54. The van der Waals surface area contributed by atoms with E-state index in [4.69, 9.17) is 0 Å². The topological polar surface area (TPSA) is 54.5 Å². The SMILES string of the molecule is Cc1ccc(C(=O)[C@@H]2[C@@H](c3ccc(F)cc3)C3(C(=O)c4ccccc4C3=O)[C@H]3C=Cc4ccccc4N23)cc1. The third-order valence-corrected chi connectivity index (χ3v) is 8.55. The van der Waals surface area contributed by atoms with Crippen LogP contribution in [-0.4, -0.2) is 29.4 Å². The molecular weight excluding hydrogens is 489 g/mol. The minimum atomic E-state index is -1.59. The van der Waals surface area contributed by atoms with Gasteiger partial charge in [0.15, 0.2) is 17.3 Å². The zero-order valence-corrected chi connectivity index (χ0v) is 21.2. The lowest BCUT2D eigenvalue weighted by Gasteiger charge is -2.37. The van der Waals surface area contributed by atoms with Gasteiger partial charge in [-0.15, -0.1) is 0 Å². The minimum absolute atomic E-state index is 0.187. The molecule has 2 heterocycles. The number of rotatable bonds is 3. The fourth-order valence-electron chi connectivity index (χ4n) is 6.85. The van der Waals surface area contributed by atoms with Crippen LogP contribution in [0.25, 0.3) is 6.08 Å². The largest absolute Gasteiger partial charge is 0.352 e. The Bertz CT molecular complexity index is 1670. The molecule has 1 fully saturated rings. The minimum Gasteiger partial charge on any atom is -0.352 e. The molecule has 2 aliphatic heterocycles. The summed E-state index contributed by atoms with van der Waals surface area (Å²) in [5.41, 5.74) is 2.93. The number of fused-ring (bicyclic) bond motifs is 5. The average Bonchev–Trinajstić information content (AvgIpc) is 3.40. The summed E-state index contributed by atoms with van der Waals surface area (Å²) in [7, 11) is 0. The van der Waals surface area contributed by atoms with Gasteiger partial charge in [-0.2, -0.15) is 0 Å². The van der Waals surface area contributed by atoms with Gasteiger partial charge in [-0.1, -0.05) is 96.6 Å². The summed E-state index contributed by atoms with van der Waals surface area (Å²) in [5.74, 6) is -2.05. The van der Waals surface area contributed by atoms with E-state index in [9.17, 15) is 18.8 Å². The van der Waals surface area contributed by atoms with Gasteiger partial charge < -0.3 is 4.90 Å². The number of anilines is 1. The first-order valence-electron chi connectivity index (χ1n) is 13.0. The highest BCUT2D eigenvalue weighted by Gasteiger charge is 2.71. The number of aryl methyl sites for hydroxylation is 1. The Labute approximate surface area is 225 Å². The van der Waals surface area contributed by atoms with Crippen molar-refractivity contribution in [2.45, 2.75) is 24.9 Å². The van der Waals surface area contributed by atoms with Crippen molar-refractivity contribution < 1.29 is 18.8 Å². The number of ketones is 3. The lowest BCUT2D eigenvalue weighted by atomic mass is 9.64. The quantitative estimate of drug-likeness (QED) is 0.233. The van der Waals surface area contributed by atoms with E-state index in [0.29, 0.717) is 22.3 Å². The van der Waals surface area contributed by atoms with Crippen LogP contribution < -0.4 is 4.90 Å². The van der Waals surface area contributed by atoms with E-state index in [1.807, 2.05) is 60.4 Å². The van der Waals surface area contributed by atoms with Crippen LogP contribution in [0.3, 0.4) is 0 Å². The van der Waals surface area contributed by atoms with Gasteiger partial charge in [0, 0.05) is 28.3 Å². The predicted octanol–water partition coefficient (Wildman–Crippen LogP) is 6.45. The van der Waals surface area contributed by atoms with Gasteiger partial charge in [-0.05, 0) is 36.2 Å². The predicted molar refractivity (Wildman–Crippen MR) is 148 cm³/mol. The molecule has 190 valence electrons. The summed E-state index contributed by atoms with van der Waals surface area (Å²) in [4.78, 5) is 45.6. The number of para-hydroxylation sites is 1. The molecule has 4 nitrogen and oxygen atoms in total. The first-order chi connectivity index (χ1) is 18.9. The van der Waals surface area contributed by atoms with Crippen LogP contribution in [0.15, 0.2) is 103 Å². The second-order valence-electron chi connectivity index (χ2n) is 10.5. The van der Waals surface area contributed by atoms with Crippen molar-refractivity contribution in [1.29, 1.82) is 0 Å². The third kappa shape index (κ3) is 3.13. The molecule has 1 spiro atoms. The lowest BCUT2D eigenvalue weighted by molar-refractivity contribution is 0.0666. The second-order valence-corrected chi connectivity index (χ2v) is 10.5. The van der Waals surface area contributed by atoms with Crippen LogP contribution in [0.4, 0.5) is 10.1 Å². The number of carbonyl (C=O) groups excluding carboxylic acids is 3. The molecular formula is C34H24FNO3. The van der Waals surface area contributed by atoms with Crippen molar-refractivity contribution in [3.8, 4) is 0 Å². The van der Waals surface area contributed by atoms with Crippen LogP contribution in [0, 0.1) is 18.2 Å². The summed E-state index contributed by atoms with van der Waals surface area (Å²) in [6, 6.07) is 26.2. The second kappa shape index (κ2) is 8.43. The molecule has 7 rings (SSSR count). The molecule has 0 radical (unpaired) electrons. The Morgan fingerprint density at radius 1 is 0.795 bits per heavy atom. The van der Waals surface area contributed by atoms with Crippen molar-refractivity contribution in [2.75, 3.05) is 4.90 Å². The van der Waals surface area contributed by atoms with E-state index < -0.39 is 29.2 Å². The maximum absolute atomic E-state index is 14.5. The highest BCUT2D eigenvalue weighted by molar-refractivity contribution is 6.32. The van der Waals surface area contributed by atoms with Gasteiger partial charge >= 0.3 is 0 Å². The van der Waals surface area contributed by atoms with Crippen molar-refractivity contribution in [3.05, 3.63) is 142 Å². The van der Waals surface area contributed by atoms with E-state index in [2.05, 4.69) is 0 Å². The van der Waals surface area contributed by atoms with E-state index in [0.717, 1.165) is 16.8 Å². The zero-order chi connectivity index (χ0) is 26.9. The van der Waals surface area contributed by atoms with Crippen LogP contribution in [-0.2, 0) is 0 Å². The molecule has 0 saturated carbocycles. The highest BCUT2D eigenvalue weighted by atomic mass is 19.1. The summed E-state index contributed by atoms with van der Waals surface area (Å²) in [5, 5.41) is 0. The van der Waals surface area contributed by atoms with Gasteiger partial charge in [0.05, 0.1) is 6.04 Å². The highest BCUT2D eigenvalue weighted by Crippen LogP contribution is 2.60. The van der Waals surface area contributed by atoms with Gasteiger partial charge in [0.1, 0.15) is 17.3 Å². The van der Waals surface area contributed by atoms with Crippen molar-refractivity contribution >= 4 is 29.1 Å². The number of carbonyl (C=O) groups is 3. The summed E-state index contributed by atoms with van der Waals surface area (Å²) >= 11 is 0. The Morgan fingerprint density at radius 2 is 1.41 bits per heavy atom. The fraction of sp³-hybridized carbons (Fsp3) is 0.147. The number of hydrogen-bond acceptors (Lipinski definition) is 4. The fourth-order valence-corrected chi connectivity index (χ4v) is 6.85. The van der Waals surface area contributed by atoms with E-state index in [-0.39, 0.29) is 17.3 Å². The molecule has 3 aliphatic rings. The van der Waals surface area contributed by atoms with E-state index in [1.165, 1.54) is 12.1 Å². The maximum atomic E-state index is 14.5. The number of halogens is 1. The Hall–Kier alpha value is -4.64. The van der Waals surface area contributed by atoms with Crippen LogP contribution in [0.5, 0.6) is 0 Å². The van der Waals surface area contributed by atoms with Crippen LogP contribution in [0.2, 0.25) is 0 Å². The van der Waals surface area contributed by atoms with Crippen molar-refractivity contribution in [1.82, 2.24) is 0 Å². The Kier molecular flexibility index (Phi) is 5.08. The zero-order valence-electron chi connectivity index (χ0n) is 21.2. The summed E-state index contributed by atoms with van der Waals surface area (Å²) in [6.45, 7) is 1.95. The normalized spacial score (nSPS) is 22.1. The molecule has 4 aromatic rings. The first-order valence-corrected chi connectivity index (χ1v) is 13.0. The Morgan fingerprint density at radius 3 is 2.08 bits per heavy atom. The van der Waals surface area contributed by atoms with Crippen molar-refractivity contribution in [2.24, 2.45) is 5.41 Å². The molecule has 0 bridgehead atoms. The van der Waals surface area contributed by atoms with Gasteiger partial charge in [-0.3, -0.25) is 14.4 Å². The van der Waals surface area contributed by atoms with Gasteiger partial charge in [0.25, 0.3) is 0 Å². The molecule has 0 N–H and O–H groups in total. The monoisotopic (exact) mass is 513 g/mol. The third-order valence-electron chi connectivity index (χ3n) is 8.55. The molecule has 5 heteroatoms. The molecule has 4 aromatic carbocycles. The van der Waals surface area contributed by atoms with Crippen molar-refractivity contribution in [3.63, 3.8) is 0 Å². The molecule has 39 heavy (non-hydrogen) atoms. The molecule has 1 aliphatic carbocycles. The number of nitrogens with zero attached hydrogens (tertiary/aromatic N) is 1. The van der Waals surface area contributed by atoms with Gasteiger partial charge in [0.2, 0.25) is 0 Å². The molecule has 0 amide bonds. The number of hydrogen-bond donors (Lipinski definition) is 0. The number of Topliss-reactive ketones (excluding diaryl/α,β-unsaturated/α-hetero) is 3. The summed E-state index contributed by atoms with van der Waals surface area (Å²) in [6.07, 6.45) is 3.82. The maximum Gasteiger partial charge on any atom is 0.185 e. The lowest BCUT2D eigenvalue weighted by Crippen LogP contribution is -2.48. The summed E-state index contributed by atoms with van der Waals surface area (Å²) < 4.78 is 14.1. The smallest absolute Gasteiger partial charge is 0.185 e. The standard InChI is InChI=1S/C34H24FNO3/c1-20-10-12-23(13-11-20)31(37)30-29(22-14-17-24(35)18-15-22)34(32(38)25-7-3-4-8-26(25)33(34)39)28-19-16-21-6-2-5-9-27(21)36(28)30/h2-19,28-30H,1H3/t28-,29-,30+/m1/s1. The number of benzene rings is 4. The molecule has 3 atom stereocenters. The molecule has 0 unspecified atom stereocenters. The van der Waals surface area contributed by atoms with E-state index >= 15 is 0 Å². The van der Waals surface area contributed by atoms with Gasteiger partial charge in [-0.25, -0.2) is 4.39 Å².